The third kappa shape index (κ3) is 3.28. The van der Waals surface area contributed by atoms with E-state index in [4.69, 9.17) is 0 Å². The third-order valence-electron chi connectivity index (χ3n) is 3.88. The topological polar surface area (TPSA) is 84.2 Å². The highest BCUT2D eigenvalue weighted by Crippen LogP contribution is 2.27. The summed E-state index contributed by atoms with van der Waals surface area (Å²) in [5.74, 6) is -1.71. The first kappa shape index (κ1) is 17.6. The number of halogens is 1. The second-order valence-corrected chi connectivity index (χ2v) is 6.36. The number of aromatic nitrogens is 2. The Bertz CT molecular complexity index is 1040. The number of carbonyl (C=O) groups is 1. The van der Waals surface area contributed by atoms with Gasteiger partial charge in [0.2, 0.25) is 0 Å². The van der Waals surface area contributed by atoms with Crippen molar-refractivity contribution < 1.29 is 14.3 Å². The number of nitrogens with zero attached hydrogens (tertiary/aromatic N) is 2. The summed E-state index contributed by atoms with van der Waals surface area (Å²) in [6.45, 7) is 4.28. The van der Waals surface area contributed by atoms with Crippen LogP contribution in [0, 0.1) is 11.7 Å². The van der Waals surface area contributed by atoms with E-state index >= 15 is 0 Å². The molecule has 0 unspecified atom stereocenters. The number of hydrogen-bond donors (Lipinski definition) is 2. The maximum Gasteiger partial charge on any atom is 0.267 e. The van der Waals surface area contributed by atoms with Crippen molar-refractivity contribution in [2.24, 2.45) is 5.92 Å². The van der Waals surface area contributed by atoms with Crippen molar-refractivity contribution in [3.05, 3.63) is 64.3 Å². The number of amides is 1. The van der Waals surface area contributed by atoms with Crippen LogP contribution in [0.4, 0.5) is 10.2 Å². The molecule has 0 bridgehead atoms. The molecule has 2 heterocycles. The number of para-hydroxylation sites is 1. The number of pyridine rings is 2. The number of nitrogens with one attached hydrogen (secondary N) is 1. The molecular formula is C19H18FN3O3. The third-order valence-corrected chi connectivity index (χ3v) is 3.88. The minimum absolute atomic E-state index is 0.0441. The van der Waals surface area contributed by atoms with Crippen LogP contribution in [0.1, 0.15) is 24.2 Å². The van der Waals surface area contributed by atoms with Gasteiger partial charge in [-0.15, -0.1) is 0 Å². The van der Waals surface area contributed by atoms with Gasteiger partial charge in [-0.1, -0.05) is 26.0 Å². The van der Waals surface area contributed by atoms with Crippen molar-refractivity contribution in [2.75, 3.05) is 5.32 Å². The van der Waals surface area contributed by atoms with Gasteiger partial charge in [0, 0.05) is 24.2 Å². The second kappa shape index (κ2) is 6.95. The number of fused-ring (bicyclic) bond motifs is 1. The van der Waals surface area contributed by atoms with Crippen molar-refractivity contribution in [1.29, 1.82) is 0 Å². The highest BCUT2D eigenvalue weighted by molar-refractivity contribution is 6.08. The standard InChI is InChI=1S/C19H18FN3O3/c1-11(2)10-23-14-6-4-3-5-13(14)17(24)16(19(23)26)18(25)22-15-9-12(20)7-8-21-15/h3-9,11,24H,10H2,1-2H3,(H,21,22,25). The van der Waals surface area contributed by atoms with Crippen LogP contribution in [0.25, 0.3) is 10.9 Å². The SMILES string of the molecule is CC(C)Cn1c(=O)c(C(=O)Nc2cc(F)ccn2)c(O)c2ccccc21. The summed E-state index contributed by atoms with van der Waals surface area (Å²) >= 11 is 0. The van der Waals surface area contributed by atoms with E-state index in [9.17, 15) is 19.1 Å². The zero-order chi connectivity index (χ0) is 18.8. The van der Waals surface area contributed by atoms with Crippen LogP contribution in [0.15, 0.2) is 47.4 Å². The Morgan fingerprint density at radius 3 is 2.73 bits per heavy atom. The summed E-state index contributed by atoms with van der Waals surface area (Å²) < 4.78 is 14.8. The van der Waals surface area contributed by atoms with Crippen LogP contribution >= 0.6 is 0 Å². The predicted molar refractivity (Wildman–Crippen MR) is 96.9 cm³/mol. The number of aromatic hydroxyl groups is 1. The van der Waals surface area contributed by atoms with Crippen molar-refractivity contribution in [1.82, 2.24) is 9.55 Å². The predicted octanol–water partition coefficient (Wildman–Crippen LogP) is 3.15. The van der Waals surface area contributed by atoms with Gasteiger partial charge in [-0.2, -0.15) is 0 Å². The molecule has 1 amide bonds. The minimum Gasteiger partial charge on any atom is -0.506 e. The molecule has 6 nitrogen and oxygen atoms in total. The average molecular weight is 355 g/mol. The molecule has 0 aliphatic carbocycles. The monoisotopic (exact) mass is 355 g/mol. The lowest BCUT2D eigenvalue weighted by Crippen LogP contribution is -2.31. The van der Waals surface area contributed by atoms with Crippen LogP contribution in [0.5, 0.6) is 5.75 Å². The maximum absolute atomic E-state index is 13.3. The molecule has 7 heteroatoms. The zero-order valence-corrected chi connectivity index (χ0v) is 14.4. The Hall–Kier alpha value is -3.22. The van der Waals surface area contributed by atoms with Gasteiger partial charge in [0.1, 0.15) is 22.9 Å². The summed E-state index contributed by atoms with van der Waals surface area (Å²) in [5, 5.41) is 13.3. The summed E-state index contributed by atoms with van der Waals surface area (Å²) in [6.07, 6.45) is 1.20. The van der Waals surface area contributed by atoms with E-state index in [-0.39, 0.29) is 11.7 Å². The fourth-order valence-electron chi connectivity index (χ4n) is 2.79. The molecule has 26 heavy (non-hydrogen) atoms. The molecular weight excluding hydrogens is 337 g/mol. The first-order valence-corrected chi connectivity index (χ1v) is 8.16. The van der Waals surface area contributed by atoms with Crippen molar-refractivity contribution in [3.63, 3.8) is 0 Å². The first-order valence-electron chi connectivity index (χ1n) is 8.16. The normalized spacial score (nSPS) is 11.1. The fourth-order valence-corrected chi connectivity index (χ4v) is 2.79. The minimum atomic E-state index is -0.839. The highest BCUT2D eigenvalue weighted by Gasteiger charge is 2.23. The van der Waals surface area contributed by atoms with Gasteiger partial charge in [0.25, 0.3) is 11.5 Å². The van der Waals surface area contributed by atoms with E-state index < -0.39 is 28.6 Å². The zero-order valence-electron chi connectivity index (χ0n) is 14.4. The number of carbonyl (C=O) groups excluding carboxylic acids is 1. The van der Waals surface area contributed by atoms with E-state index in [1.54, 1.807) is 24.3 Å². The summed E-state index contributed by atoms with van der Waals surface area (Å²) in [7, 11) is 0. The molecule has 0 atom stereocenters. The number of rotatable bonds is 4. The summed E-state index contributed by atoms with van der Waals surface area (Å²) in [6, 6.07) is 8.99. The molecule has 0 radical (unpaired) electrons. The molecule has 0 aliphatic heterocycles. The number of hydrogen-bond acceptors (Lipinski definition) is 4. The van der Waals surface area contributed by atoms with Crippen LogP contribution in [0.3, 0.4) is 0 Å². The maximum atomic E-state index is 13.3. The molecule has 134 valence electrons. The van der Waals surface area contributed by atoms with E-state index in [2.05, 4.69) is 10.3 Å². The van der Waals surface area contributed by atoms with Gasteiger partial charge in [0.15, 0.2) is 0 Å². The smallest absolute Gasteiger partial charge is 0.267 e. The van der Waals surface area contributed by atoms with Gasteiger partial charge in [-0.25, -0.2) is 9.37 Å². The molecule has 2 aromatic heterocycles. The van der Waals surface area contributed by atoms with Crippen LogP contribution < -0.4 is 10.9 Å². The largest absolute Gasteiger partial charge is 0.506 e. The van der Waals surface area contributed by atoms with Crippen molar-refractivity contribution in [2.45, 2.75) is 20.4 Å². The lowest BCUT2D eigenvalue weighted by molar-refractivity contribution is 0.102. The first-order chi connectivity index (χ1) is 12.4. The molecule has 2 N–H and O–H groups in total. The van der Waals surface area contributed by atoms with Gasteiger partial charge in [-0.3, -0.25) is 9.59 Å². The molecule has 0 spiro atoms. The average Bonchev–Trinajstić information content (AvgIpc) is 2.58. The Morgan fingerprint density at radius 2 is 2.04 bits per heavy atom. The van der Waals surface area contributed by atoms with Gasteiger partial charge >= 0.3 is 0 Å². The van der Waals surface area contributed by atoms with Crippen LogP contribution in [0.2, 0.25) is 0 Å². The molecule has 0 aliphatic rings. The van der Waals surface area contributed by atoms with Crippen LogP contribution in [-0.2, 0) is 6.54 Å². The molecule has 3 aromatic rings. The van der Waals surface area contributed by atoms with E-state index in [0.717, 1.165) is 12.1 Å². The number of benzene rings is 1. The lowest BCUT2D eigenvalue weighted by Gasteiger charge is -2.16. The Labute approximate surface area is 148 Å². The van der Waals surface area contributed by atoms with Gasteiger partial charge in [0.05, 0.1) is 5.52 Å². The van der Waals surface area contributed by atoms with E-state index in [1.807, 2.05) is 13.8 Å². The van der Waals surface area contributed by atoms with Crippen molar-refractivity contribution in [3.8, 4) is 5.75 Å². The molecule has 0 saturated carbocycles. The summed E-state index contributed by atoms with van der Waals surface area (Å²) in [4.78, 5) is 29.3. The highest BCUT2D eigenvalue weighted by atomic mass is 19.1. The number of anilines is 1. The molecule has 3 rings (SSSR count). The second-order valence-electron chi connectivity index (χ2n) is 6.36. The lowest BCUT2D eigenvalue weighted by atomic mass is 10.1. The van der Waals surface area contributed by atoms with E-state index in [0.29, 0.717) is 17.4 Å². The Kier molecular flexibility index (Phi) is 4.71. The molecule has 0 saturated heterocycles. The van der Waals surface area contributed by atoms with Crippen LogP contribution in [-0.4, -0.2) is 20.6 Å². The summed E-state index contributed by atoms with van der Waals surface area (Å²) in [5.41, 5.74) is -0.455. The van der Waals surface area contributed by atoms with E-state index in [1.165, 1.54) is 10.8 Å². The van der Waals surface area contributed by atoms with Gasteiger partial charge in [-0.05, 0) is 24.1 Å². The fraction of sp³-hybridized carbons (Fsp3) is 0.211. The Balaban J connectivity index is 2.16. The Morgan fingerprint density at radius 1 is 1.31 bits per heavy atom. The molecule has 0 fully saturated rings. The van der Waals surface area contributed by atoms with Crippen molar-refractivity contribution >= 4 is 22.6 Å². The quantitative estimate of drug-likeness (QED) is 0.753. The molecule has 1 aromatic carbocycles. The van der Waals surface area contributed by atoms with Gasteiger partial charge < -0.3 is 15.0 Å².